The molecule has 1 saturated heterocycles. The van der Waals surface area contributed by atoms with Crippen LogP contribution in [0.5, 0.6) is 0 Å². The zero-order valence-electron chi connectivity index (χ0n) is 6.38. The number of cyclic esters (lactones) is 1. The van der Waals surface area contributed by atoms with E-state index in [1.54, 1.807) is 4.90 Å². The van der Waals surface area contributed by atoms with E-state index in [1.165, 1.54) is 0 Å². The van der Waals surface area contributed by atoms with E-state index < -0.39 is 0 Å². The molecule has 0 N–H and O–H groups in total. The summed E-state index contributed by atoms with van der Waals surface area (Å²) in [7, 11) is 0. The maximum absolute atomic E-state index is 10.8. The van der Waals surface area contributed by atoms with Crippen molar-refractivity contribution in [3.63, 3.8) is 0 Å². The highest BCUT2D eigenvalue weighted by Gasteiger charge is 2.20. The zero-order chi connectivity index (χ0) is 8.10. The zero-order valence-corrected chi connectivity index (χ0v) is 6.38. The fraction of sp³-hybridized carbons (Fsp3) is 0.625. The second-order valence-electron chi connectivity index (χ2n) is 2.41. The Labute approximate surface area is 66.3 Å². The van der Waals surface area contributed by atoms with Crippen LogP contribution in [0.15, 0.2) is 0 Å². The van der Waals surface area contributed by atoms with Crippen LogP contribution >= 0.6 is 0 Å². The van der Waals surface area contributed by atoms with Crippen molar-refractivity contribution in [2.24, 2.45) is 0 Å². The Morgan fingerprint density at radius 1 is 1.73 bits per heavy atom. The number of nitrogens with zero attached hydrogens (tertiary/aromatic N) is 1. The summed E-state index contributed by atoms with van der Waals surface area (Å²) in [5.74, 6) is 2.53. The molecule has 0 radical (unpaired) electrons. The highest BCUT2D eigenvalue weighted by molar-refractivity contribution is 5.69. The Bertz CT molecular complexity index is 183. The molecule has 3 nitrogen and oxygen atoms in total. The number of carbonyl (C=O) groups excluding carboxylic acids is 1. The predicted molar refractivity (Wildman–Crippen MR) is 41.0 cm³/mol. The van der Waals surface area contributed by atoms with Crippen molar-refractivity contribution in [2.45, 2.75) is 12.8 Å². The summed E-state index contributed by atoms with van der Waals surface area (Å²) in [5.41, 5.74) is 0. The lowest BCUT2D eigenvalue weighted by Crippen LogP contribution is -2.25. The van der Waals surface area contributed by atoms with E-state index in [9.17, 15) is 4.79 Å². The maximum atomic E-state index is 10.8. The van der Waals surface area contributed by atoms with E-state index in [4.69, 9.17) is 11.2 Å². The van der Waals surface area contributed by atoms with Gasteiger partial charge in [0.15, 0.2) is 0 Å². The molecule has 0 spiro atoms. The summed E-state index contributed by atoms with van der Waals surface area (Å²) in [6, 6.07) is 0. The number of hydrogen-bond acceptors (Lipinski definition) is 2. The molecule has 0 saturated carbocycles. The van der Waals surface area contributed by atoms with Crippen molar-refractivity contribution in [1.29, 1.82) is 0 Å². The lowest BCUT2D eigenvalue weighted by atomic mass is 10.3. The van der Waals surface area contributed by atoms with E-state index in [2.05, 4.69) is 5.92 Å². The largest absolute Gasteiger partial charge is 0.448 e. The van der Waals surface area contributed by atoms with Gasteiger partial charge in [0.2, 0.25) is 0 Å². The van der Waals surface area contributed by atoms with Crippen LogP contribution in [0, 0.1) is 12.3 Å². The van der Waals surface area contributed by atoms with Gasteiger partial charge in [-0.3, -0.25) is 0 Å². The molecule has 1 aliphatic rings. The second-order valence-corrected chi connectivity index (χ2v) is 2.41. The molecule has 0 unspecified atom stereocenters. The van der Waals surface area contributed by atoms with Crippen molar-refractivity contribution in [2.75, 3.05) is 19.7 Å². The molecule has 1 aliphatic heterocycles. The third-order valence-corrected chi connectivity index (χ3v) is 1.59. The van der Waals surface area contributed by atoms with Gasteiger partial charge < -0.3 is 9.64 Å². The molecule has 0 aliphatic carbocycles. The summed E-state index contributed by atoms with van der Waals surface area (Å²) < 4.78 is 4.73. The van der Waals surface area contributed by atoms with Crippen LogP contribution in [0.4, 0.5) is 4.79 Å². The monoisotopic (exact) mass is 153 g/mol. The Balaban J connectivity index is 2.16. The van der Waals surface area contributed by atoms with Crippen LogP contribution in [-0.2, 0) is 4.74 Å². The Morgan fingerprint density at radius 3 is 3.09 bits per heavy atom. The number of terminal acetylenes is 1. The second kappa shape index (κ2) is 3.87. The van der Waals surface area contributed by atoms with Crippen molar-refractivity contribution in [3.05, 3.63) is 0 Å². The third-order valence-electron chi connectivity index (χ3n) is 1.59. The van der Waals surface area contributed by atoms with Crippen molar-refractivity contribution in [1.82, 2.24) is 4.90 Å². The fourth-order valence-corrected chi connectivity index (χ4v) is 1.00. The number of ether oxygens (including phenoxy) is 1. The molecule has 11 heavy (non-hydrogen) atoms. The summed E-state index contributed by atoms with van der Waals surface area (Å²) >= 11 is 0. The van der Waals surface area contributed by atoms with Gasteiger partial charge >= 0.3 is 6.09 Å². The Hall–Kier alpha value is -1.17. The maximum Gasteiger partial charge on any atom is 0.409 e. The van der Waals surface area contributed by atoms with E-state index in [1.807, 2.05) is 0 Å². The third kappa shape index (κ3) is 2.15. The Kier molecular flexibility index (Phi) is 2.79. The molecule has 0 aromatic heterocycles. The van der Waals surface area contributed by atoms with E-state index in [0.717, 1.165) is 19.4 Å². The van der Waals surface area contributed by atoms with Gasteiger partial charge in [0, 0.05) is 13.0 Å². The highest BCUT2D eigenvalue weighted by Crippen LogP contribution is 2.04. The lowest BCUT2D eigenvalue weighted by Gasteiger charge is -2.09. The van der Waals surface area contributed by atoms with Gasteiger partial charge in [0.1, 0.15) is 6.61 Å². The van der Waals surface area contributed by atoms with E-state index in [-0.39, 0.29) is 6.09 Å². The molecule has 1 fully saturated rings. The van der Waals surface area contributed by atoms with Crippen LogP contribution < -0.4 is 0 Å². The Morgan fingerprint density at radius 2 is 2.55 bits per heavy atom. The molecule has 1 amide bonds. The summed E-state index contributed by atoms with van der Waals surface area (Å²) in [6.07, 6.45) is 6.45. The summed E-state index contributed by atoms with van der Waals surface area (Å²) in [4.78, 5) is 12.5. The lowest BCUT2D eigenvalue weighted by molar-refractivity contribution is 0.158. The highest BCUT2D eigenvalue weighted by atomic mass is 16.6. The van der Waals surface area contributed by atoms with Gasteiger partial charge in [-0.1, -0.05) is 0 Å². The van der Waals surface area contributed by atoms with Crippen molar-refractivity contribution < 1.29 is 9.53 Å². The molecule has 1 rings (SSSR count). The quantitative estimate of drug-likeness (QED) is 0.444. The summed E-state index contributed by atoms with van der Waals surface area (Å²) in [5, 5.41) is 0. The predicted octanol–water partition coefficient (Wildman–Crippen LogP) is 0.852. The molecule has 0 aromatic rings. The van der Waals surface area contributed by atoms with Crippen LogP contribution in [0.2, 0.25) is 0 Å². The minimum absolute atomic E-state index is 0.206. The number of amides is 1. The molecule has 1 heterocycles. The van der Waals surface area contributed by atoms with Crippen LogP contribution in [0.25, 0.3) is 0 Å². The first kappa shape index (κ1) is 7.93. The van der Waals surface area contributed by atoms with Gasteiger partial charge in [-0.05, 0) is 6.42 Å². The van der Waals surface area contributed by atoms with Gasteiger partial charge in [0.25, 0.3) is 0 Å². The van der Waals surface area contributed by atoms with Gasteiger partial charge in [-0.15, -0.1) is 12.3 Å². The molecule has 0 bridgehead atoms. The number of hydrogen-bond donors (Lipinski definition) is 0. The minimum atomic E-state index is -0.206. The van der Waals surface area contributed by atoms with Crippen molar-refractivity contribution >= 4 is 6.09 Å². The standard InChI is InChI=1S/C8H11NO2/c1-2-3-4-5-9-6-7-11-8(9)10/h1H,3-7H2. The first-order chi connectivity index (χ1) is 5.34. The van der Waals surface area contributed by atoms with Crippen LogP contribution in [-0.4, -0.2) is 30.7 Å². The molecule has 60 valence electrons. The van der Waals surface area contributed by atoms with Gasteiger partial charge in [-0.2, -0.15) is 0 Å². The number of rotatable bonds is 3. The molecular weight excluding hydrogens is 142 g/mol. The SMILES string of the molecule is C#CCCCN1CCOC1=O. The molecule has 3 heteroatoms. The average Bonchev–Trinajstić information content (AvgIpc) is 2.37. The van der Waals surface area contributed by atoms with Crippen LogP contribution in [0.1, 0.15) is 12.8 Å². The number of carbonyl (C=O) groups is 1. The number of unbranched alkanes of at least 4 members (excludes halogenated alkanes) is 1. The smallest absolute Gasteiger partial charge is 0.409 e. The molecule has 0 atom stereocenters. The average molecular weight is 153 g/mol. The molecular formula is C8H11NO2. The van der Waals surface area contributed by atoms with Crippen LogP contribution in [0.3, 0.4) is 0 Å². The van der Waals surface area contributed by atoms with E-state index >= 15 is 0 Å². The topological polar surface area (TPSA) is 29.5 Å². The summed E-state index contributed by atoms with van der Waals surface area (Å²) in [6.45, 7) is 1.96. The molecule has 0 aromatic carbocycles. The fourth-order valence-electron chi connectivity index (χ4n) is 1.00. The van der Waals surface area contributed by atoms with Crippen molar-refractivity contribution in [3.8, 4) is 12.3 Å². The normalized spacial score (nSPS) is 16.3. The van der Waals surface area contributed by atoms with Gasteiger partial charge in [0.05, 0.1) is 6.54 Å². The van der Waals surface area contributed by atoms with E-state index in [0.29, 0.717) is 13.2 Å². The first-order valence-corrected chi connectivity index (χ1v) is 3.70. The minimum Gasteiger partial charge on any atom is -0.448 e. The van der Waals surface area contributed by atoms with Gasteiger partial charge in [-0.25, -0.2) is 4.79 Å². The first-order valence-electron chi connectivity index (χ1n) is 3.70.